The van der Waals surface area contributed by atoms with Crippen molar-refractivity contribution in [1.82, 2.24) is 9.97 Å². The number of nitrogens with two attached hydrogens (primary N) is 1. The molecule has 0 spiro atoms. The van der Waals surface area contributed by atoms with E-state index in [0.29, 0.717) is 25.3 Å². The van der Waals surface area contributed by atoms with Crippen molar-refractivity contribution in [3.8, 4) is 0 Å². The van der Waals surface area contributed by atoms with E-state index in [9.17, 15) is 4.79 Å². The lowest BCUT2D eigenvalue weighted by Crippen LogP contribution is -2.30. The molecule has 0 aliphatic rings. The maximum Gasteiger partial charge on any atom is 0.320 e. The molecule has 0 fully saturated rings. The molecule has 0 aliphatic carbocycles. The van der Waals surface area contributed by atoms with Crippen molar-refractivity contribution in [3.05, 3.63) is 17.5 Å². The van der Waals surface area contributed by atoms with Crippen LogP contribution >= 0.6 is 0 Å². The van der Waals surface area contributed by atoms with Crippen LogP contribution in [0.4, 0.5) is 5.95 Å². The molecule has 0 amide bonds. The minimum absolute atomic E-state index is 0.438. The number of carbonyl (C=O) groups is 1. The highest BCUT2D eigenvalue weighted by Crippen LogP contribution is 2.04. The van der Waals surface area contributed by atoms with Gasteiger partial charge >= 0.3 is 5.97 Å². The van der Waals surface area contributed by atoms with Gasteiger partial charge in [-0.15, -0.1) is 0 Å². The standard InChI is InChI=1S/C11H18N4O2/c1-7-6-8(2)15-11(14-7)13-5-3-4-9(12)10(16)17/h6,9H,3-5,12H2,1-2H3,(H,16,17)(H,13,14,15)/t9-/m1/s1. The molecule has 1 aromatic rings. The predicted octanol–water partition coefficient (Wildman–Crippen LogP) is 0.697. The first-order chi connectivity index (χ1) is 7.99. The molecule has 94 valence electrons. The molecule has 6 heteroatoms. The molecule has 17 heavy (non-hydrogen) atoms. The van der Waals surface area contributed by atoms with E-state index in [0.717, 1.165) is 11.4 Å². The van der Waals surface area contributed by atoms with Crippen molar-refractivity contribution in [2.45, 2.75) is 32.7 Å². The Labute approximate surface area is 100 Å². The zero-order valence-electron chi connectivity index (χ0n) is 10.1. The minimum Gasteiger partial charge on any atom is -0.480 e. The minimum atomic E-state index is -0.965. The fourth-order valence-corrected chi connectivity index (χ4v) is 1.45. The van der Waals surface area contributed by atoms with Gasteiger partial charge < -0.3 is 16.2 Å². The van der Waals surface area contributed by atoms with Gasteiger partial charge in [-0.05, 0) is 32.8 Å². The number of hydrogen-bond acceptors (Lipinski definition) is 5. The summed E-state index contributed by atoms with van der Waals surface area (Å²) in [6.45, 7) is 4.42. The number of carboxylic acids is 1. The summed E-state index contributed by atoms with van der Waals surface area (Å²) in [6.07, 6.45) is 1.11. The molecule has 0 saturated carbocycles. The van der Waals surface area contributed by atoms with E-state index in [4.69, 9.17) is 10.8 Å². The smallest absolute Gasteiger partial charge is 0.320 e. The number of aryl methyl sites for hydroxylation is 2. The molecule has 0 saturated heterocycles. The first kappa shape index (κ1) is 13.4. The summed E-state index contributed by atoms with van der Waals surface area (Å²) in [4.78, 5) is 18.9. The van der Waals surface area contributed by atoms with Crippen LogP contribution in [-0.4, -0.2) is 33.6 Å². The molecule has 1 aromatic heterocycles. The maximum absolute atomic E-state index is 10.5. The van der Waals surface area contributed by atoms with Crippen LogP contribution in [0.15, 0.2) is 6.07 Å². The van der Waals surface area contributed by atoms with Gasteiger partial charge in [0.1, 0.15) is 6.04 Å². The number of carboxylic acid groups (broad SMARTS) is 1. The van der Waals surface area contributed by atoms with Crippen molar-refractivity contribution < 1.29 is 9.90 Å². The highest BCUT2D eigenvalue weighted by molar-refractivity contribution is 5.72. The van der Waals surface area contributed by atoms with Gasteiger partial charge in [0.15, 0.2) is 0 Å². The SMILES string of the molecule is Cc1cc(C)nc(NCCC[C@@H](N)C(=O)O)n1. The Bertz CT molecular complexity index is 375. The molecule has 0 aliphatic heterocycles. The number of aromatic nitrogens is 2. The molecule has 0 radical (unpaired) electrons. The Morgan fingerprint density at radius 2 is 2.06 bits per heavy atom. The summed E-state index contributed by atoms with van der Waals surface area (Å²) < 4.78 is 0. The molecule has 1 heterocycles. The van der Waals surface area contributed by atoms with Crippen molar-refractivity contribution >= 4 is 11.9 Å². The number of rotatable bonds is 6. The summed E-state index contributed by atoms with van der Waals surface area (Å²) >= 11 is 0. The van der Waals surface area contributed by atoms with Gasteiger partial charge in [0, 0.05) is 17.9 Å². The Morgan fingerprint density at radius 1 is 1.47 bits per heavy atom. The normalized spacial score (nSPS) is 12.2. The largest absolute Gasteiger partial charge is 0.480 e. The Balaban J connectivity index is 2.33. The number of nitrogens with zero attached hydrogens (tertiary/aromatic N) is 2. The van der Waals surface area contributed by atoms with E-state index in [1.165, 1.54) is 0 Å². The third kappa shape index (κ3) is 4.78. The third-order valence-corrected chi connectivity index (χ3v) is 2.27. The number of aliphatic carboxylic acids is 1. The number of hydrogen-bond donors (Lipinski definition) is 3. The Morgan fingerprint density at radius 3 is 2.59 bits per heavy atom. The van der Waals surface area contributed by atoms with Crippen LogP contribution < -0.4 is 11.1 Å². The summed E-state index contributed by atoms with van der Waals surface area (Å²) in [5, 5.41) is 11.7. The van der Waals surface area contributed by atoms with Crippen molar-refractivity contribution in [2.24, 2.45) is 5.73 Å². The first-order valence-corrected chi connectivity index (χ1v) is 5.53. The summed E-state index contributed by atoms with van der Waals surface area (Å²) in [7, 11) is 0. The van der Waals surface area contributed by atoms with E-state index in [1.54, 1.807) is 0 Å². The maximum atomic E-state index is 10.5. The van der Waals surface area contributed by atoms with Crippen LogP contribution in [0.2, 0.25) is 0 Å². The molecule has 6 nitrogen and oxygen atoms in total. The van der Waals surface area contributed by atoms with Crippen molar-refractivity contribution in [1.29, 1.82) is 0 Å². The molecule has 0 aromatic carbocycles. The second kappa shape index (κ2) is 6.15. The van der Waals surface area contributed by atoms with E-state index >= 15 is 0 Å². The van der Waals surface area contributed by atoms with Crippen LogP contribution in [0.5, 0.6) is 0 Å². The van der Waals surface area contributed by atoms with Crippen LogP contribution in [0.25, 0.3) is 0 Å². The molecular weight excluding hydrogens is 220 g/mol. The van der Waals surface area contributed by atoms with Gasteiger partial charge in [0.25, 0.3) is 0 Å². The summed E-state index contributed by atoms with van der Waals surface area (Å²) in [5.41, 5.74) is 7.20. The Kier molecular flexibility index (Phi) is 4.84. The fraction of sp³-hybridized carbons (Fsp3) is 0.545. The zero-order valence-corrected chi connectivity index (χ0v) is 10.1. The van der Waals surface area contributed by atoms with E-state index in [1.807, 2.05) is 19.9 Å². The molecule has 4 N–H and O–H groups in total. The van der Waals surface area contributed by atoms with Gasteiger partial charge in [-0.1, -0.05) is 0 Å². The molecule has 1 rings (SSSR count). The lowest BCUT2D eigenvalue weighted by Gasteiger charge is -2.08. The average molecular weight is 238 g/mol. The van der Waals surface area contributed by atoms with Crippen molar-refractivity contribution in [2.75, 3.05) is 11.9 Å². The van der Waals surface area contributed by atoms with E-state index < -0.39 is 12.0 Å². The number of anilines is 1. The second-order valence-electron chi connectivity index (χ2n) is 3.99. The molecule has 0 unspecified atom stereocenters. The fourth-order valence-electron chi connectivity index (χ4n) is 1.45. The molecule has 1 atom stereocenters. The molecular formula is C11H18N4O2. The quantitative estimate of drug-likeness (QED) is 0.630. The monoisotopic (exact) mass is 238 g/mol. The average Bonchev–Trinajstić information content (AvgIpc) is 2.22. The van der Waals surface area contributed by atoms with Crippen LogP contribution in [0, 0.1) is 13.8 Å². The lowest BCUT2D eigenvalue weighted by molar-refractivity contribution is -0.138. The van der Waals surface area contributed by atoms with E-state index in [-0.39, 0.29) is 0 Å². The van der Waals surface area contributed by atoms with Crippen LogP contribution in [0.3, 0.4) is 0 Å². The predicted molar refractivity (Wildman–Crippen MR) is 64.8 cm³/mol. The van der Waals surface area contributed by atoms with E-state index in [2.05, 4.69) is 15.3 Å². The van der Waals surface area contributed by atoms with Crippen molar-refractivity contribution in [3.63, 3.8) is 0 Å². The van der Waals surface area contributed by atoms with Crippen LogP contribution in [0.1, 0.15) is 24.2 Å². The lowest BCUT2D eigenvalue weighted by atomic mass is 10.2. The highest BCUT2D eigenvalue weighted by atomic mass is 16.4. The van der Waals surface area contributed by atoms with Gasteiger partial charge in [0.2, 0.25) is 5.95 Å². The van der Waals surface area contributed by atoms with Gasteiger partial charge in [-0.25, -0.2) is 9.97 Å². The van der Waals surface area contributed by atoms with Gasteiger partial charge in [-0.2, -0.15) is 0 Å². The van der Waals surface area contributed by atoms with Gasteiger partial charge in [-0.3, -0.25) is 4.79 Å². The van der Waals surface area contributed by atoms with Crippen LogP contribution in [-0.2, 0) is 4.79 Å². The molecule has 0 bridgehead atoms. The summed E-state index contributed by atoms with van der Waals surface area (Å²) in [5.74, 6) is -0.390. The first-order valence-electron chi connectivity index (χ1n) is 5.53. The third-order valence-electron chi connectivity index (χ3n) is 2.27. The Hall–Kier alpha value is -1.69. The number of nitrogens with one attached hydrogen (secondary N) is 1. The highest BCUT2D eigenvalue weighted by Gasteiger charge is 2.10. The zero-order chi connectivity index (χ0) is 12.8. The van der Waals surface area contributed by atoms with Gasteiger partial charge in [0.05, 0.1) is 0 Å². The topological polar surface area (TPSA) is 101 Å². The second-order valence-corrected chi connectivity index (χ2v) is 3.99. The summed E-state index contributed by atoms with van der Waals surface area (Å²) in [6, 6.07) is 1.10.